The minimum absolute atomic E-state index is 0.0302. The van der Waals surface area contributed by atoms with Crippen LogP contribution in [-0.4, -0.2) is 11.1 Å². The second-order valence-electron chi connectivity index (χ2n) is 11.2. The molecule has 5 rings (SSSR count). The molecule has 4 saturated carbocycles. The standard InChI is InChI=1S/C28H40O2/c1-2-3-18-4-6-19(7-5-18)20-8-10-21(11-9-20)22-12-14-23(15-13-22)24-16-25-26(17-24)27(25)28(29)30/h12-15,18-21,24-27H,2-11,16-17H2,1H3,(H,29,30)/t18?,19?,20?,21?,24?,25-,26+,27?. The molecule has 0 amide bonds. The van der Waals surface area contributed by atoms with E-state index >= 15 is 0 Å². The lowest BCUT2D eigenvalue weighted by atomic mass is 9.68. The molecule has 0 saturated heterocycles. The molecule has 2 nitrogen and oxygen atoms in total. The number of hydrogen-bond donors (Lipinski definition) is 1. The highest BCUT2D eigenvalue weighted by Gasteiger charge is 2.59. The molecule has 0 bridgehead atoms. The molecule has 0 aromatic heterocycles. The molecule has 1 aromatic rings. The molecule has 0 spiro atoms. The van der Waals surface area contributed by atoms with Crippen LogP contribution in [0.15, 0.2) is 24.3 Å². The van der Waals surface area contributed by atoms with Gasteiger partial charge in [0.05, 0.1) is 5.92 Å². The summed E-state index contributed by atoms with van der Waals surface area (Å²) in [7, 11) is 0. The van der Waals surface area contributed by atoms with Gasteiger partial charge in [-0.3, -0.25) is 4.79 Å². The van der Waals surface area contributed by atoms with E-state index in [-0.39, 0.29) is 5.92 Å². The summed E-state index contributed by atoms with van der Waals surface area (Å²) in [4.78, 5) is 11.2. The van der Waals surface area contributed by atoms with Gasteiger partial charge in [-0.1, -0.05) is 56.9 Å². The first kappa shape index (κ1) is 20.6. The van der Waals surface area contributed by atoms with Crippen LogP contribution in [0.3, 0.4) is 0 Å². The first-order valence-corrected chi connectivity index (χ1v) is 13.0. The number of hydrogen-bond acceptors (Lipinski definition) is 1. The zero-order valence-corrected chi connectivity index (χ0v) is 18.8. The van der Waals surface area contributed by atoms with Crippen LogP contribution in [0.4, 0.5) is 0 Å². The Bertz CT molecular complexity index is 710. The molecule has 2 unspecified atom stereocenters. The topological polar surface area (TPSA) is 37.3 Å². The summed E-state index contributed by atoms with van der Waals surface area (Å²) in [5.74, 6) is 4.73. The van der Waals surface area contributed by atoms with Crippen molar-refractivity contribution in [2.45, 2.75) is 95.8 Å². The van der Waals surface area contributed by atoms with E-state index < -0.39 is 5.97 Å². The Morgan fingerprint density at radius 3 is 1.80 bits per heavy atom. The van der Waals surface area contributed by atoms with Crippen molar-refractivity contribution in [3.05, 3.63) is 35.4 Å². The first-order valence-electron chi connectivity index (χ1n) is 13.0. The Morgan fingerprint density at radius 1 is 0.800 bits per heavy atom. The second-order valence-corrected chi connectivity index (χ2v) is 11.2. The summed E-state index contributed by atoms with van der Waals surface area (Å²) in [5, 5.41) is 9.23. The normalized spacial score (nSPS) is 40.7. The van der Waals surface area contributed by atoms with Gasteiger partial charge in [0.2, 0.25) is 0 Å². The van der Waals surface area contributed by atoms with Gasteiger partial charge in [-0.05, 0) is 104 Å². The second kappa shape index (κ2) is 8.67. The van der Waals surface area contributed by atoms with Crippen LogP contribution < -0.4 is 0 Å². The Labute approximate surface area is 182 Å². The fourth-order valence-electron chi connectivity index (χ4n) is 7.80. The maximum atomic E-state index is 11.2. The van der Waals surface area contributed by atoms with Crippen LogP contribution in [0, 0.1) is 35.5 Å². The molecule has 1 aromatic carbocycles. The highest BCUT2D eigenvalue weighted by molar-refractivity contribution is 5.74. The van der Waals surface area contributed by atoms with Gasteiger partial charge in [0, 0.05) is 0 Å². The van der Waals surface area contributed by atoms with E-state index in [0.29, 0.717) is 17.8 Å². The van der Waals surface area contributed by atoms with Crippen LogP contribution in [-0.2, 0) is 4.79 Å². The number of carboxylic acids is 1. The fraction of sp³-hybridized carbons (Fsp3) is 0.750. The van der Waals surface area contributed by atoms with Gasteiger partial charge < -0.3 is 5.11 Å². The van der Waals surface area contributed by atoms with E-state index in [2.05, 4.69) is 31.2 Å². The molecule has 1 N–H and O–H groups in total. The summed E-state index contributed by atoms with van der Waals surface area (Å²) >= 11 is 0. The zero-order valence-electron chi connectivity index (χ0n) is 18.8. The van der Waals surface area contributed by atoms with Crippen molar-refractivity contribution in [1.29, 1.82) is 0 Å². The quantitative estimate of drug-likeness (QED) is 0.533. The van der Waals surface area contributed by atoms with Crippen molar-refractivity contribution >= 4 is 5.97 Å². The predicted molar refractivity (Wildman–Crippen MR) is 122 cm³/mol. The molecule has 4 aliphatic rings. The molecule has 4 atom stereocenters. The summed E-state index contributed by atoms with van der Waals surface area (Å²) in [6.07, 6.45) is 16.6. The summed E-state index contributed by atoms with van der Waals surface area (Å²) < 4.78 is 0. The zero-order chi connectivity index (χ0) is 20.7. The minimum Gasteiger partial charge on any atom is -0.481 e. The molecule has 2 heteroatoms. The van der Waals surface area contributed by atoms with Crippen molar-refractivity contribution in [3.63, 3.8) is 0 Å². The van der Waals surface area contributed by atoms with Crippen LogP contribution in [0.25, 0.3) is 0 Å². The predicted octanol–water partition coefficient (Wildman–Crippen LogP) is 7.39. The highest BCUT2D eigenvalue weighted by atomic mass is 16.4. The fourth-order valence-corrected chi connectivity index (χ4v) is 7.80. The smallest absolute Gasteiger partial charge is 0.307 e. The van der Waals surface area contributed by atoms with Crippen LogP contribution in [0.1, 0.15) is 107 Å². The Hall–Kier alpha value is -1.31. The average Bonchev–Trinajstić information content (AvgIpc) is 3.30. The van der Waals surface area contributed by atoms with E-state index in [4.69, 9.17) is 0 Å². The summed E-state index contributed by atoms with van der Waals surface area (Å²) in [6.45, 7) is 2.34. The van der Waals surface area contributed by atoms with E-state index in [1.807, 2.05) is 0 Å². The van der Waals surface area contributed by atoms with Crippen molar-refractivity contribution in [2.24, 2.45) is 35.5 Å². The van der Waals surface area contributed by atoms with Gasteiger partial charge in [-0.2, -0.15) is 0 Å². The molecular formula is C28H40O2. The first-order chi connectivity index (χ1) is 14.6. The third kappa shape index (κ3) is 4.08. The van der Waals surface area contributed by atoms with Crippen LogP contribution in [0.5, 0.6) is 0 Å². The number of carbonyl (C=O) groups is 1. The molecule has 0 heterocycles. The van der Waals surface area contributed by atoms with Gasteiger partial charge in [0.25, 0.3) is 0 Å². The summed E-state index contributed by atoms with van der Waals surface area (Å²) in [6, 6.07) is 9.52. The van der Waals surface area contributed by atoms with Crippen molar-refractivity contribution < 1.29 is 9.90 Å². The average molecular weight is 409 g/mol. The molecule has 4 aliphatic carbocycles. The number of fused-ring (bicyclic) bond motifs is 1. The monoisotopic (exact) mass is 408 g/mol. The Kier molecular flexibility index (Phi) is 5.95. The number of rotatable bonds is 6. The van der Waals surface area contributed by atoms with E-state index in [0.717, 1.165) is 36.5 Å². The molecule has 4 fully saturated rings. The number of aliphatic carboxylic acids is 1. The van der Waals surface area contributed by atoms with Gasteiger partial charge in [-0.15, -0.1) is 0 Å². The van der Waals surface area contributed by atoms with Crippen molar-refractivity contribution in [1.82, 2.24) is 0 Å². The van der Waals surface area contributed by atoms with Gasteiger partial charge >= 0.3 is 5.97 Å². The lowest BCUT2D eigenvalue weighted by Gasteiger charge is -2.38. The largest absolute Gasteiger partial charge is 0.481 e. The van der Waals surface area contributed by atoms with Gasteiger partial charge in [0.15, 0.2) is 0 Å². The van der Waals surface area contributed by atoms with Gasteiger partial charge in [-0.25, -0.2) is 0 Å². The van der Waals surface area contributed by atoms with Crippen LogP contribution in [0.2, 0.25) is 0 Å². The molecule has 30 heavy (non-hydrogen) atoms. The van der Waals surface area contributed by atoms with Gasteiger partial charge in [0.1, 0.15) is 0 Å². The maximum Gasteiger partial charge on any atom is 0.307 e. The lowest BCUT2D eigenvalue weighted by Crippen LogP contribution is -2.25. The van der Waals surface area contributed by atoms with Crippen molar-refractivity contribution in [3.8, 4) is 0 Å². The SMILES string of the molecule is CCCC1CCC(C2CCC(c3ccc(C4C[C@@H]5C(C(=O)O)[C@@H]5C4)cc3)CC2)CC1. The number of benzene rings is 1. The lowest BCUT2D eigenvalue weighted by molar-refractivity contribution is -0.139. The van der Waals surface area contributed by atoms with E-state index in [1.54, 1.807) is 5.56 Å². The molecule has 164 valence electrons. The third-order valence-corrected chi connectivity index (χ3v) is 9.64. The minimum atomic E-state index is -0.566. The Balaban J connectivity index is 1.09. The number of carboxylic acid groups (broad SMARTS) is 1. The third-order valence-electron chi connectivity index (χ3n) is 9.64. The van der Waals surface area contributed by atoms with E-state index in [9.17, 15) is 9.90 Å². The molecule has 0 aliphatic heterocycles. The van der Waals surface area contributed by atoms with Crippen molar-refractivity contribution in [2.75, 3.05) is 0 Å². The van der Waals surface area contributed by atoms with Crippen LogP contribution >= 0.6 is 0 Å². The van der Waals surface area contributed by atoms with E-state index in [1.165, 1.54) is 69.8 Å². The molecule has 0 radical (unpaired) electrons. The maximum absolute atomic E-state index is 11.2. The Morgan fingerprint density at radius 2 is 1.30 bits per heavy atom. The molecular weight excluding hydrogens is 368 g/mol. The highest BCUT2D eigenvalue weighted by Crippen LogP contribution is 2.62. The summed E-state index contributed by atoms with van der Waals surface area (Å²) in [5.41, 5.74) is 3.00.